The second-order valence-electron chi connectivity index (χ2n) is 4.75. The zero-order valence-electron chi connectivity index (χ0n) is 11.8. The van der Waals surface area contributed by atoms with Crippen LogP contribution in [0.2, 0.25) is 5.02 Å². The Morgan fingerprint density at radius 1 is 1.35 bits per heavy atom. The number of nitrogens with one attached hydrogen (secondary N) is 1. The molecule has 1 amide bonds. The highest BCUT2D eigenvalue weighted by atomic mass is 35.5. The molecule has 1 aromatic rings. The van der Waals surface area contributed by atoms with E-state index in [1.165, 1.54) is 4.90 Å². The van der Waals surface area contributed by atoms with Crippen molar-refractivity contribution in [3.8, 4) is 0 Å². The summed E-state index contributed by atoms with van der Waals surface area (Å²) >= 11 is 7.55. The van der Waals surface area contributed by atoms with E-state index in [9.17, 15) is 4.79 Å². The van der Waals surface area contributed by atoms with Gasteiger partial charge in [0.1, 0.15) is 0 Å². The maximum Gasteiger partial charge on any atom is 0.220 e. The minimum atomic E-state index is -0.289. The molecule has 0 aliphatic carbocycles. The number of aliphatic hydroxyl groups excluding tert-OH is 1. The molecule has 0 saturated heterocycles. The van der Waals surface area contributed by atoms with Crippen LogP contribution in [0.5, 0.6) is 0 Å². The van der Waals surface area contributed by atoms with E-state index in [2.05, 4.69) is 5.32 Å². The van der Waals surface area contributed by atoms with Gasteiger partial charge in [-0.05, 0) is 56.2 Å². The topological polar surface area (TPSA) is 49.3 Å². The van der Waals surface area contributed by atoms with E-state index in [1.807, 2.05) is 24.3 Å². The van der Waals surface area contributed by atoms with Crippen LogP contribution in [-0.2, 0) is 4.79 Å². The number of hydrogen-bond acceptors (Lipinski definition) is 3. The van der Waals surface area contributed by atoms with Crippen LogP contribution < -0.4 is 5.32 Å². The molecule has 112 valence electrons. The first-order chi connectivity index (χ1) is 9.58. The summed E-state index contributed by atoms with van der Waals surface area (Å²) in [4.78, 5) is 12.7. The first-order valence-electron chi connectivity index (χ1n) is 6.91. The Bertz CT molecular complexity index is 395. The van der Waals surface area contributed by atoms with Crippen molar-refractivity contribution in [2.24, 2.45) is 0 Å². The summed E-state index contributed by atoms with van der Waals surface area (Å²) in [5, 5.41) is 12.7. The van der Waals surface area contributed by atoms with Crippen molar-refractivity contribution in [3.05, 3.63) is 29.3 Å². The highest BCUT2D eigenvalue weighted by Crippen LogP contribution is 2.21. The zero-order chi connectivity index (χ0) is 14.8. The number of carbonyl (C=O) groups excluding carboxylic acids is 1. The number of benzene rings is 1. The minimum Gasteiger partial charge on any atom is -0.393 e. The van der Waals surface area contributed by atoms with Gasteiger partial charge in [0.25, 0.3) is 0 Å². The lowest BCUT2D eigenvalue weighted by Crippen LogP contribution is -2.24. The smallest absolute Gasteiger partial charge is 0.220 e. The highest BCUT2D eigenvalue weighted by molar-refractivity contribution is 7.99. The molecule has 1 aromatic carbocycles. The van der Waals surface area contributed by atoms with Gasteiger partial charge in [0.05, 0.1) is 6.10 Å². The third-order valence-corrected chi connectivity index (χ3v) is 4.10. The molecule has 0 saturated carbocycles. The van der Waals surface area contributed by atoms with Crippen LogP contribution in [0.25, 0.3) is 0 Å². The number of rotatable bonds is 9. The molecule has 0 aliphatic heterocycles. The van der Waals surface area contributed by atoms with Gasteiger partial charge in [-0.2, -0.15) is 0 Å². The van der Waals surface area contributed by atoms with Gasteiger partial charge >= 0.3 is 0 Å². The van der Waals surface area contributed by atoms with Crippen molar-refractivity contribution in [2.75, 3.05) is 12.3 Å². The van der Waals surface area contributed by atoms with Crippen molar-refractivity contribution < 1.29 is 9.90 Å². The Labute approximate surface area is 130 Å². The van der Waals surface area contributed by atoms with Crippen LogP contribution in [0.4, 0.5) is 0 Å². The lowest BCUT2D eigenvalue weighted by Gasteiger charge is -2.06. The number of carbonyl (C=O) groups is 1. The van der Waals surface area contributed by atoms with Gasteiger partial charge in [0.2, 0.25) is 5.91 Å². The third kappa shape index (κ3) is 8.46. The molecule has 0 fully saturated rings. The van der Waals surface area contributed by atoms with Gasteiger partial charge in [0.15, 0.2) is 0 Å². The van der Waals surface area contributed by atoms with Gasteiger partial charge in [-0.15, -0.1) is 11.8 Å². The standard InChI is InChI=1S/C15H22ClNO2S/c1-12(18)4-2-10-17-15(19)5-3-11-20-14-8-6-13(16)7-9-14/h6-9,12,18H,2-5,10-11H2,1H3,(H,17,19). The Kier molecular flexibility index (Phi) is 8.74. The Hall–Kier alpha value is -0.710. The third-order valence-electron chi connectivity index (χ3n) is 2.75. The molecule has 0 bridgehead atoms. The molecule has 1 rings (SSSR count). The molecule has 20 heavy (non-hydrogen) atoms. The fourth-order valence-corrected chi connectivity index (χ4v) is 2.65. The molecule has 0 radical (unpaired) electrons. The van der Waals surface area contributed by atoms with E-state index in [4.69, 9.17) is 16.7 Å². The molecule has 5 heteroatoms. The Morgan fingerprint density at radius 2 is 2.05 bits per heavy atom. The molecule has 0 aliphatic rings. The minimum absolute atomic E-state index is 0.0901. The molecular formula is C15H22ClNO2S. The van der Waals surface area contributed by atoms with Crippen molar-refractivity contribution >= 4 is 29.3 Å². The number of amides is 1. The van der Waals surface area contributed by atoms with E-state index in [1.54, 1.807) is 18.7 Å². The molecule has 0 aromatic heterocycles. The Morgan fingerprint density at radius 3 is 2.70 bits per heavy atom. The summed E-state index contributed by atoms with van der Waals surface area (Å²) in [5.41, 5.74) is 0. The second-order valence-corrected chi connectivity index (χ2v) is 6.35. The van der Waals surface area contributed by atoms with Crippen molar-refractivity contribution in [3.63, 3.8) is 0 Å². The first kappa shape index (κ1) is 17.3. The van der Waals surface area contributed by atoms with Crippen LogP contribution in [-0.4, -0.2) is 29.4 Å². The van der Waals surface area contributed by atoms with Gasteiger partial charge in [-0.25, -0.2) is 0 Å². The lowest BCUT2D eigenvalue weighted by molar-refractivity contribution is -0.121. The average molecular weight is 316 g/mol. The number of thioether (sulfide) groups is 1. The van der Waals surface area contributed by atoms with Crippen molar-refractivity contribution in [1.29, 1.82) is 0 Å². The predicted octanol–water partition coefficient (Wildman–Crippen LogP) is 3.49. The van der Waals surface area contributed by atoms with Crippen LogP contribution in [0, 0.1) is 0 Å². The van der Waals surface area contributed by atoms with Crippen LogP contribution in [0.1, 0.15) is 32.6 Å². The van der Waals surface area contributed by atoms with Gasteiger partial charge in [-0.1, -0.05) is 11.6 Å². The lowest BCUT2D eigenvalue weighted by atomic mass is 10.2. The molecule has 1 atom stereocenters. The largest absolute Gasteiger partial charge is 0.393 e. The summed E-state index contributed by atoms with van der Waals surface area (Å²) in [6.45, 7) is 2.41. The van der Waals surface area contributed by atoms with Crippen LogP contribution in [0.3, 0.4) is 0 Å². The maximum absolute atomic E-state index is 11.5. The number of hydrogen-bond donors (Lipinski definition) is 2. The summed E-state index contributed by atoms with van der Waals surface area (Å²) in [6, 6.07) is 7.73. The second kappa shape index (κ2) is 10.1. The fourth-order valence-electron chi connectivity index (χ4n) is 1.67. The zero-order valence-corrected chi connectivity index (χ0v) is 13.3. The first-order valence-corrected chi connectivity index (χ1v) is 8.27. The molecule has 1 unspecified atom stereocenters. The van der Waals surface area contributed by atoms with E-state index in [0.29, 0.717) is 13.0 Å². The molecule has 3 nitrogen and oxygen atoms in total. The Balaban J connectivity index is 2.03. The van der Waals surface area contributed by atoms with E-state index in [-0.39, 0.29) is 12.0 Å². The normalized spacial score (nSPS) is 12.2. The van der Waals surface area contributed by atoms with Gasteiger partial charge < -0.3 is 10.4 Å². The quantitative estimate of drug-likeness (QED) is 0.542. The SMILES string of the molecule is CC(O)CCCNC(=O)CCCSc1ccc(Cl)cc1. The average Bonchev–Trinajstić information content (AvgIpc) is 2.41. The highest BCUT2D eigenvalue weighted by Gasteiger charge is 2.02. The molecule has 0 spiro atoms. The van der Waals surface area contributed by atoms with E-state index >= 15 is 0 Å². The van der Waals surface area contributed by atoms with E-state index < -0.39 is 0 Å². The number of halogens is 1. The van der Waals surface area contributed by atoms with Crippen LogP contribution in [0.15, 0.2) is 29.2 Å². The van der Waals surface area contributed by atoms with Crippen molar-refractivity contribution in [2.45, 2.75) is 43.6 Å². The monoisotopic (exact) mass is 315 g/mol. The van der Waals surface area contributed by atoms with Crippen molar-refractivity contribution in [1.82, 2.24) is 5.32 Å². The fraction of sp³-hybridized carbons (Fsp3) is 0.533. The molecule has 2 N–H and O–H groups in total. The van der Waals surface area contributed by atoms with E-state index in [0.717, 1.165) is 30.0 Å². The van der Waals surface area contributed by atoms with Crippen LogP contribution >= 0.6 is 23.4 Å². The summed E-state index contributed by atoms with van der Waals surface area (Å²) in [7, 11) is 0. The molecular weight excluding hydrogens is 294 g/mol. The summed E-state index contributed by atoms with van der Waals surface area (Å²) in [5.74, 6) is 1.01. The predicted molar refractivity (Wildman–Crippen MR) is 85.3 cm³/mol. The van der Waals surface area contributed by atoms with Gasteiger partial charge in [-0.3, -0.25) is 4.79 Å². The maximum atomic E-state index is 11.5. The summed E-state index contributed by atoms with van der Waals surface area (Å²) < 4.78 is 0. The summed E-state index contributed by atoms with van der Waals surface area (Å²) in [6.07, 6.45) is 2.67. The number of aliphatic hydroxyl groups is 1. The molecule has 0 heterocycles. The van der Waals surface area contributed by atoms with Gasteiger partial charge in [0, 0.05) is 22.9 Å².